The van der Waals surface area contributed by atoms with Crippen molar-refractivity contribution in [2.75, 3.05) is 6.61 Å². The molecule has 22 heavy (non-hydrogen) atoms. The first kappa shape index (κ1) is 21.8. The lowest BCUT2D eigenvalue weighted by molar-refractivity contribution is -0.447. The van der Waals surface area contributed by atoms with Gasteiger partial charge >= 0.3 is 0 Å². The molecule has 3 atom stereocenters. The van der Waals surface area contributed by atoms with Gasteiger partial charge in [0, 0.05) is 0 Å². The summed E-state index contributed by atoms with van der Waals surface area (Å²) >= 11 is 0. The minimum Gasteiger partial charge on any atom is -0.390 e. The zero-order chi connectivity index (χ0) is 16.6. The van der Waals surface area contributed by atoms with E-state index < -0.39 is 18.2 Å². The maximum atomic E-state index is 9.78. The molecule has 0 spiro atoms. The first-order valence-corrected chi connectivity index (χ1v) is 9.43. The van der Waals surface area contributed by atoms with Gasteiger partial charge in [0.1, 0.15) is 12.1 Å². The third-order valence-corrected chi connectivity index (χ3v) is 4.47. The van der Waals surface area contributed by atoms with E-state index in [1.165, 1.54) is 64.2 Å². The van der Waals surface area contributed by atoms with Gasteiger partial charge in [-0.3, -0.25) is 0 Å². The fourth-order valence-electron chi connectivity index (χ4n) is 2.79. The predicted octanol–water partition coefficient (Wildman–Crippen LogP) is 2.40. The largest absolute Gasteiger partial charge is 0.390 e. The third kappa shape index (κ3) is 12.4. The molecule has 0 aromatic rings. The zero-order valence-corrected chi connectivity index (χ0v) is 14.7. The molecular formula is C18H40NO3+. The fraction of sp³-hybridized carbons (Fsp3) is 1.00. The van der Waals surface area contributed by atoms with Gasteiger partial charge in [-0.1, -0.05) is 84.0 Å². The summed E-state index contributed by atoms with van der Waals surface area (Å²) < 4.78 is 0. The van der Waals surface area contributed by atoms with Crippen LogP contribution in [0.15, 0.2) is 0 Å². The number of hydrogen-bond donors (Lipinski definition) is 4. The highest BCUT2D eigenvalue weighted by Gasteiger charge is 2.24. The van der Waals surface area contributed by atoms with Crippen molar-refractivity contribution in [1.29, 1.82) is 0 Å². The van der Waals surface area contributed by atoms with Crippen molar-refractivity contribution in [2.45, 2.75) is 109 Å². The molecule has 0 aliphatic carbocycles. The van der Waals surface area contributed by atoms with Crippen LogP contribution in [-0.4, -0.2) is 40.2 Å². The molecule has 4 heteroatoms. The van der Waals surface area contributed by atoms with E-state index in [0.29, 0.717) is 6.42 Å². The van der Waals surface area contributed by atoms with Gasteiger partial charge in [0.15, 0.2) is 0 Å². The van der Waals surface area contributed by atoms with E-state index in [1.54, 1.807) is 0 Å². The Morgan fingerprint density at radius 3 is 1.55 bits per heavy atom. The van der Waals surface area contributed by atoms with Gasteiger partial charge in [-0.15, -0.1) is 0 Å². The first-order chi connectivity index (χ1) is 10.6. The molecule has 0 saturated carbocycles. The van der Waals surface area contributed by atoms with E-state index in [1.807, 2.05) is 0 Å². The van der Waals surface area contributed by atoms with Crippen LogP contribution in [0.1, 0.15) is 90.4 Å². The Kier molecular flexibility index (Phi) is 15.6. The molecule has 0 aliphatic heterocycles. The second-order valence-corrected chi connectivity index (χ2v) is 6.68. The molecule has 0 aliphatic rings. The fourth-order valence-corrected chi connectivity index (χ4v) is 2.79. The number of rotatable bonds is 16. The van der Waals surface area contributed by atoms with E-state index in [-0.39, 0.29) is 6.61 Å². The standard InChI is InChI=1S/C18H39NO3/c1-2-3-4-5-6-7-8-9-10-11-12-13-14-17(21)18(22)16(19)15-20/h16-18,20-22H,2-15,19H2,1H3/p+1/t16-,17+,18-/m0/s1. The van der Waals surface area contributed by atoms with Gasteiger partial charge < -0.3 is 21.1 Å². The highest BCUT2D eigenvalue weighted by molar-refractivity contribution is 4.73. The van der Waals surface area contributed by atoms with Gasteiger partial charge in [-0.05, 0) is 6.42 Å². The highest BCUT2D eigenvalue weighted by atomic mass is 16.3. The molecule has 4 nitrogen and oxygen atoms in total. The molecule has 0 fully saturated rings. The van der Waals surface area contributed by atoms with Crippen LogP contribution in [0.25, 0.3) is 0 Å². The van der Waals surface area contributed by atoms with Crippen molar-refractivity contribution in [3.05, 3.63) is 0 Å². The Bertz CT molecular complexity index is 226. The van der Waals surface area contributed by atoms with Crippen LogP contribution in [0, 0.1) is 0 Å². The smallest absolute Gasteiger partial charge is 0.136 e. The first-order valence-electron chi connectivity index (χ1n) is 9.43. The van der Waals surface area contributed by atoms with Crippen molar-refractivity contribution < 1.29 is 21.1 Å². The average Bonchev–Trinajstić information content (AvgIpc) is 2.54. The minimum absolute atomic E-state index is 0.184. The lowest BCUT2D eigenvalue weighted by Gasteiger charge is -2.19. The zero-order valence-electron chi connectivity index (χ0n) is 14.7. The van der Waals surface area contributed by atoms with E-state index in [0.717, 1.165) is 12.8 Å². The van der Waals surface area contributed by atoms with Gasteiger partial charge in [0.2, 0.25) is 0 Å². The molecule has 0 saturated heterocycles. The summed E-state index contributed by atoms with van der Waals surface area (Å²) in [5, 5.41) is 28.4. The van der Waals surface area contributed by atoms with Gasteiger partial charge in [0.25, 0.3) is 0 Å². The van der Waals surface area contributed by atoms with E-state index >= 15 is 0 Å². The maximum absolute atomic E-state index is 9.78. The van der Waals surface area contributed by atoms with Crippen LogP contribution in [-0.2, 0) is 0 Å². The monoisotopic (exact) mass is 318 g/mol. The minimum atomic E-state index is -0.905. The summed E-state index contributed by atoms with van der Waals surface area (Å²) in [6.45, 7) is 2.07. The molecule has 0 radical (unpaired) electrons. The van der Waals surface area contributed by atoms with Gasteiger partial charge in [-0.25, -0.2) is 0 Å². The SMILES string of the molecule is CCCCCCCCCCCCCC[C@@H](O)[C@@H](O)[C@@H]([NH3+])CO. The van der Waals surface area contributed by atoms with Crippen LogP contribution in [0.2, 0.25) is 0 Å². The summed E-state index contributed by atoms with van der Waals surface area (Å²) in [6, 6.07) is -0.493. The van der Waals surface area contributed by atoms with Crippen LogP contribution >= 0.6 is 0 Å². The summed E-state index contributed by atoms with van der Waals surface area (Å²) in [7, 11) is 0. The molecule has 0 aromatic carbocycles. The topological polar surface area (TPSA) is 88.3 Å². The molecule has 0 rings (SSSR count). The van der Waals surface area contributed by atoms with E-state index in [2.05, 4.69) is 12.7 Å². The van der Waals surface area contributed by atoms with Crippen LogP contribution in [0.4, 0.5) is 0 Å². The summed E-state index contributed by atoms with van der Waals surface area (Å²) in [5.74, 6) is 0. The predicted molar refractivity (Wildman–Crippen MR) is 91.5 cm³/mol. The third-order valence-electron chi connectivity index (χ3n) is 4.47. The van der Waals surface area contributed by atoms with Crippen molar-refractivity contribution in [3.63, 3.8) is 0 Å². The Balaban J connectivity index is 3.26. The van der Waals surface area contributed by atoms with E-state index in [4.69, 9.17) is 5.11 Å². The second-order valence-electron chi connectivity index (χ2n) is 6.68. The van der Waals surface area contributed by atoms with Crippen LogP contribution < -0.4 is 5.73 Å². The lowest BCUT2D eigenvalue weighted by atomic mass is 10.00. The number of aliphatic hydroxyl groups is 3. The Morgan fingerprint density at radius 1 is 0.727 bits per heavy atom. The Hall–Kier alpha value is -0.160. The van der Waals surface area contributed by atoms with Crippen molar-refractivity contribution >= 4 is 0 Å². The Labute approximate surface area is 137 Å². The van der Waals surface area contributed by atoms with Gasteiger partial charge in [-0.2, -0.15) is 0 Å². The second kappa shape index (κ2) is 15.7. The maximum Gasteiger partial charge on any atom is 0.136 e. The average molecular weight is 319 g/mol. The lowest BCUT2D eigenvalue weighted by Crippen LogP contribution is -2.70. The molecule has 0 aromatic heterocycles. The summed E-state index contributed by atoms with van der Waals surface area (Å²) in [4.78, 5) is 0. The van der Waals surface area contributed by atoms with Gasteiger partial charge in [0.05, 0.1) is 12.7 Å². The number of unbranched alkanes of at least 4 members (excludes halogenated alkanes) is 11. The number of hydrogen-bond acceptors (Lipinski definition) is 3. The van der Waals surface area contributed by atoms with Crippen molar-refractivity contribution in [2.24, 2.45) is 0 Å². The normalized spacial score (nSPS) is 15.7. The molecular weight excluding hydrogens is 278 g/mol. The molecule has 0 bridgehead atoms. The molecule has 0 unspecified atom stereocenters. The highest BCUT2D eigenvalue weighted by Crippen LogP contribution is 2.14. The molecule has 0 amide bonds. The summed E-state index contributed by atoms with van der Waals surface area (Å²) in [6.07, 6.45) is 14.4. The van der Waals surface area contributed by atoms with Crippen molar-refractivity contribution in [1.82, 2.24) is 0 Å². The van der Waals surface area contributed by atoms with Crippen LogP contribution in [0.5, 0.6) is 0 Å². The quantitative estimate of drug-likeness (QED) is 0.330. The summed E-state index contributed by atoms with van der Waals surface area (Å²) in [5.41, 5.74) is 3.63. The molecule has 134 valence electrons. The van der Waals surface area contributed by atoms with Crippen molar-refractivity contribution in [3.8, 4) is 0 Å². The number of quaternary nitrogens is 1. The van der Waals surface area contributed by atoms with Crippen LogP contribution in [0.3, 0.4) is 0 Å². The molecule has 0 heterocycles. The number of aliphatic hydroxyl groups excluding tert-OH is 3. The van der Waals surface area contributed by atoms with E-state index in [9.17, 15) is 10.2 Å². The molecule has 6 N–H and O–H groups in total. The Morgan fingerprint density at radius 2 is 1.14 bits per heavy atom.